The summed E-state index contributed by atoms with van der Waals surface area (Å²) < 4.78 is 19.3. The van der Waals surface area contributed by atoms with E-state index < -0.39 is 6.04 Å². The Morgan fingerprint density at radius 1 is 0.970 bits per heavy atom. The van der Waals surface area contributed by atoms with Crippen LogP contribution in [0.3, 0.4) is 0 Å². The molecule has 1 aromatic heterocycles. The van der Waals surface area contributed by atoms with Crippen LogP contribution in [0.15, 0.2) is 89.1 Å². The average Bonchev–Trinajstić information content (AvgIpc) is 3.30. The Labute approximate surface area is 190 Å². The van der Waals surface area contributed by atoms with Crippen LogP contribution in [0.4, 0.5) is 14.9 Å². The first-order valence-electron chi connectivity index (χ1n) is 10.5. The fraction of sp³-hybridized carbons (Fsp3) is 0.115. The highest BCUT2D eigenvalue weighted by Crippen LogP contribution is 2.39. The van der Waals surface area contributed by atoms with Crippen LogP contribution in [-0.4, -0.2) is 16.2 Å². The number of benzene rings is 3. The summed E-state index contributed by atoms with van der Waals surface area (Å²) in [5.74, 6) is 0.384. The Hall–Kier alpha value is -4.26. The first-order chi connectivity index (χ1) is 16.0. The van der Waals surface area contributed by atoms with E-state index in [9.17, 15) is 9.18 Å². The highest BCUT2D eigenvalue weighted by atomic mass is 19.1. The average molecular weight is 440 g/mol. The van der Waals surface area contributed by atoms with Gasteiger partial charge >= 0.3 is 6.03 Å². The number of halogens is 1. The molecule has 2 amide bonds. The van der Waals surface area contributed by atoms with Gasteiger partial charge in [0.1, 0.15) is 5.82 Å². The second-order valence-corrected chi connectivity index (χ2v) is 7.90. The molecule has 1 atom stereocenters. The van der Waals surface area contributed by atoms with Gasteiger partial charge in [0, 0.05) is 11.3 Å². The number of nitrogens with one attached hydrogen (secondary N) is 1. The van der Waals surface area contributed by atoms with Crippen LogP contribution in [0.1, 0.15) is 30.0 Å². The summed E-state index contributed by atoms with van der Waals surface area (Å²) in [7, 11) is 0. The summed E-state index contributed by atoms with van der Waals surface area (Å²) in [5.41, 5.74) is 4.59. The highest BCUT2D eigenvalue weighted by Gasteiger charge is 2.36. The number of anilines is 1. The fourth-order valence-electron chi connectivity index (χ4n) is 4.04. The molecule has 3 aromatic carbocycles. The minimum absolute atomic E-state index is 0.290. The number of carbonyl (C=O) groups excluding carboxylic acids is 1. The smallest absolute Gasteiger partial charge is 0.326 e. The maximum atomic E-state index is 13.6. The number of hydrogen-bond acceptors (Lipinski definition) is 4. The van der Waals surface area contributed by atoms with E-state index in [1.165, 1.54) is 12.1 Å². The van der Waals surface area contributed by atoms with Crippen molar-refractivity contribution in [3.63, 3.8) is 0 Å². The predicted octanol–water partition coefficient (Wildman–Crippen LogP) is 5.89. The molecule has 0 aliphatic carbocycles. The van der Waals surface area contributed by atoms with Gasteiger partial charge in [-0.05, 0) is 49.2 Å². The van der Waals surface area contributed by atoms with Crippen LogP contribution in [0, 0.1) is 12.7 Å². The summed E-state index contributed by atoms with van der Waals surface area (Å²) >= 11 is 0. The summed E-state index contributed by atoms with van der Waals surface area (Å²) in [6, 6.07) is 22.3. The van der Waals surface area contributed by atoms with Gasteiger partial charge in [-0.2, -0.15) is 4.98 Å². The third-order valence-electron chi connectivity index (χ3n) is 5.64. The van der Waals surface area contributed by atoms with E-state index in [0.29, 0.717) is 28.5 Å². The number of urea groups is 1. The standard InChI is InChI=1S/C26H21FN4O2/c1-16-7-6-10-21(15-16)31-17(2)22(23(28-26(31)32)18-11-13-20(27)14-12-18)25-29-24(30-33-25)19-8-4-3-5-9-19/h3-15,23H,1-2H3,(H,28,32). The third kappa shape index (κ3) is 3.89. The lowest BCUT2D eigenvalue weighted by atomic mass is 9.94. The van der Waals surface area contributed by atoms with E-state index in [-0.39, 0.29) is 11.8 Å². The van der Waals surface area contributed by atoms with E-state index >= 15 is 0 Å². The molecule has 1 aliphatic rings. The van der Waals surface area contributed by atoms with Crippen LogP contribution in [0.5, 0.6) is 0 Å². The molecule has 7 heteroatoms. The van der Waals surface area contributed by atoms with Crippen LogP contribution < -0.4 is 10.2 Å². The lowest BCUT2D eigenvalue weighted by Gasteiger charge is -2.35. The minimum atomic E-state index is -0.580. The summed E-state index contributed by atoms with van der Waals surface area (Å²) in [4.78, 5) is 19.4. The van der Waals surface area contributed by atoms with Gasteiger partial charge < -0.3 is 9.84 Å². The van der Waals surface area contributed by atoms with Crippen molar-refractivity contribution in [3.05, 3.63) is 107 Å². The van der Waals surface area contributed by atoms with Gasteiger partial charge in [-0.3, -0.25) is 4.90 Å². The molecular weight excluding hydrogens is 419 g/mol. The molecule has 0 spiro atoms. The normalized spacial score (nSPS) is 16.2. The van der Waals surface area contributed by atoms with Crippen LogP contribution in [0.2, 0.25) is 0 Å². The van der Waals surface area contributed by atoms with Crippen molar-refractivity contribution in [2.24, 2.45) is 0 Å². The van der Waals surface area contributed by atoms with Gasteiger partial charge in [0.2, 0.25) is 5.82 Å². The van der Waals surface area contributed by atoms with Gasteiger partial charge in [0.15, 0.2) is 0 Å². The van der Waals surface area contributed by atoms with E-state index in [2.05, 4.69) is 15.5 Å². The molecular formula is C26H21FN4O2. The number of allylic oxidation sites excluding steroid dienone is 1. The summed E-state index contributed by atoms with van der Waals surface area (Å²) in [5, 5.41) is 7.18. The van der Waals surface area contributed by atoms with Gasteiger partial charge in [0.25, 0.3) is 5.89 Å². The summed E-state index contributed by atoms with van der Waals surface area (Å²) in [6.45, 7) is 3.82. The number of aryl methyl sites for hydroxylation is 1. The van der Waals surface area contributed by atoms with Crippen molar-refractivity contribution in [1.82, 2.24) is 15.5 Å². The van der Waals surface area contributed by atoms with E-state index in [1.807, 2.05) is 68.4 Å². The van der Waals surface area contributed by atoms with Crippen molar-refractivity contribution in [1.29, 1.82) is 0 Å². The molecule has 2 heterocycles. The molecule has 4 aromatic rings. The maximum absolute atomic E-state index is 13.6. The van der Waals surface area contributed by atoms with Crippen LogP contribution in [0.25, 0.3) is 17.0 Å². The molecule has 0 fully saturated rings. The zero-order chi connectivity index (χ0) is 22.9. The Morgan fingerprint density at radius 3 is 2.45 bits per heavy atom. The Morgan fingerprint density at radius 2 is 1.73 bits per heavy atom. The Kier molecular flexibility index (Phi) is 5.22. The first kappa shape index (κ1) is 20.6. The number of carbonyl (C=O) groups is 1. The zero-order valence-electron chi connectivity index (χ0n) is 18.1. The number of aromatic nitrogens is 2. The monoisotopic (exact) mass is 440 g/mol. The molecule has 0 bridgehead atoms. The van der Waals surface area contributed by atoms with Gasteiger partial charge in [-0.25, -0.2) is 9.18 Å². The third-order valence-corrected chi connectivity index (χ3v) is 5.64. The summed E-state index contributed by atoms with van der Waals surface area (Å²) in [6.07, 6.45) is 0. The number of rotatable bonds is 4. The van der Waals surface area contributed by atoms with Crippen LogP contribution in [-0.2, 0) is 0 Å². The molecule has 1 unspecified atom stereocenters. The van der Waals surface area contributed by atoms with Crippen molar-refractivity contribution in [2.75, 3.05) is 4.90 Å². The maximum Gasteiger partial charge on any atom is 0.326 e. The SMILES string of the molecule is CC1=C(c2nc(-c3ccccc3)no2)C(c2ccc(F)cc2)NC(=O)N1c1cccc(C)c1. The molecule has 5 rings (SSSR count). The molecule has 164 valence electrons. The topological polar surface area (TPSA) is 71.3 Å². The zero-order valence-corrected chi connectivity index (χ0v) is 18.1. The lowest BCUT2D eigenvalue weighted by Crippen LogP contribution is -2.46. The quantitative estimate of drug-likeness (QED) is 0.430. The molecule has 1 N–H and O–H groups in total. The highest BCUT2D eigenvalue weighted by molar-refractivity contribution is 6.01. The molecule has 0 saturated heterocycles. The fourth-order valence-corrected chi connectivity index (χ4v) is 4.04. The largest absolute Gasteiger partial charge is 0.334 e. The van der Waals surface area contributed by atoms with Crippen molar-refractivity contribution in [2.45, 2.75) is 19.9 Å². The second-order valence-electron chi connectivity index (χ2n) is 7.90. The minimum Gasteiger partial charge on any atom is -0.334 e. The lowest BCUT2D eigenvalue weighted by molar-refractivity contribution is 0.244. The number of amides is 2. The molecule has 0 saturated carbocycles. The first-order valence-corrected chi connectivity index (χ1v) is 10.5. The Bertz CT molecular complexity index is 1350. The van der Waals surface area contributed by atoms with Gasteiger partial charge in [0.05, 0.1) is 17.3 Å². The molecule has 1 aliphatic heterocycles. The van der Waals surface area contributed by atoms with Crippen LogP contribution >= 0.6 is 0 Å². The predicted molar refractivity (Wildman–Crippen MR) is 124 cm³/mol. The second kappa shape index (κ2) is 8.35. The van der Waals surface area contributed by atoms with Crippen molar-refractivity contribution < 1.29 is 13.7 Å². The molecule has 6 nitrogen and oxygen atoms in total. The molecule has 33 heavy (non-hydrogen) atoms. The Balaban J connectivity index is 1.66. The van der Waals surface area contributed by atoms with Gasteiger partial charge in [-0.1, -0.05) is 59.8 Å². The van der Waals surface area contributed by atoms with E-state index in [1.54, 1.807) is 17.0 Å². The van der Waals surface area contributed by atoms with E-state index in [0.717, 1.165) is 16.8 Å². The van der Waals surface area contributed by atoms with Crippen molar-refractivity contribution >= 4 is 17.3 Å². The van der Waals surface area contributed by atoms with Crippen molar-refractivity contribution in [3.8, 4) is 11.4 Å². The molecule has 0 radical (unpaired) electrons. The van der Waals surface area contributed by atoms with Gasteiger partial charge in [-0.15, -0.1) is 0 Å². The number of hydrogen-bond donors (Lipinski definition) is 1. The van der Waals surface area contributed by atoms with E-state index in [4.69, 9.17) is 4.52 Å². The number of nitrogens with zero attached hydrogens (tertiary/aromatic N) is 3.